The summed E-state index contributed by atoms with van der Waals surface area (Å²) in [7, 11) is 1.62. The lowest BCUT2D eigenvalue weighted by atomic mass is 10.1. The van der Waals surface area contributed by atoms with Crippen LogP contribution in [0.15, 0.2) is 35.9 Å². The van der Waals surface area contributed by atoms with Crippen molar-refractivity contribution >= 4 is 17.8 Å². The molecular weight excluding hydrogens is 375 g/mol. The predicted octanol–water partition coefficient (Wildman–Crippen LogP) is 3.61. The molecule has 0 aliphatic carbocycles. The van der Waals surface area contributed by atoms with Gasteiger partial charge in [-0.25, -0.2) is 9.18 Å². The second kappa shape index (κ2) is 9.80. The molecule has 1 aromatic carbocycles. The Morgan fingerprint density at radius 2 is 1.93 bits per heavy atom. The van der Waals surface area contributed by atoms with Crippen molar-refractivity contribution < 1.29 is 23.5 Å². The number of carbonyl (C=O) groups is 2. The van der Waals surface area contributed by atoms with Gasteiger partial charge in [-0.1, -0.05) is 0 Å². The monoisotopic (exact) mass is 398 g/mol. The molecular formula is C22H23FN2O4. The molecule has 0 N–H and O–H groups in total. The third-order valence-electron chi connectivity index (χ3n) is 4.55. The topological polar surface area (TPSA) is 81.3 Å². The van der Waals surface area contributed by atoms with Gasteiger partial charge in [0, 0.05) is 30.6 Å². The number of halogens is 1. The van der Waals surface area contributed by atoms with Gasteiger partial charge < -0.3 is 14.0 Å². The normalized spacial score (nSPS) is 12.3. The van der Waals surface area contributed by atoms with Crippen molar-refractivity contribution in [1.29, 1.82) is 5.26 Å². The highest BCUT2D eigenvalue weighted by atomic mass is 19.1. The lowest BCUT2D eigenvalue weighted by molar-refractivity contribution is -0.141. The van der Waals surface area contributed by atoms with E-state index >= 15 is 0 Å². The van der Waals surface area contributed by atoms with Gasteiger partial charge in [0.05, 0.1) is 6.61 Å². The molecule has 0 bridgehead atoms. The Morgan fingerprint density at radius 3 is 2.52 bits per heavy atom. The van der Waals surface area contributed by atoms with Crippen molar-refractivity contribution in [3.63, 3.8) is 0 Å². The highest BCUT2D eigenvalue weighted by molar-refractivity contribution is 6.03. The summed E-state index contributed by atoms with van der Waals surface area (Å²) < 4.78 is 25.3. The van der Waals surface area contributed by atoms with E-state index in [9.17, 15) is 19.2 Å². The number of nitriles is 1. The molecule has 0 aliphatic heterocycles. The molecule has 2 rings (SSSR count). The van der Waals surface area contributed by atoms with E-state index in [1.165, 1.54) is 25.1 Å². The van der Waals surface area contributed by atoms with Gasteiger partial charge in [-0.3, -0.25) is 4.79 Å². The van der Waals surface area contributed by atoms with Crippen LogP contribution in [0.3, 0.4) is 0 Å². The minimum absolute atomic E-state index is 0.212. The zero-order valence-electron chi connectivity index (χ0n) is 16.9. The van der Waals surface area contributed by atoms with Gasteiger partial charge in [-0.15, -0.1) is 0 Å². The standard InChI is InChI=1S/C22H23FN2O4/c1-14-11-18(15(2)25(14)9-10-28-4)12-19(13-24)22(27)29-16(3)21(26)17-5-7-20(23)8-6-17/h5-8,11-12,16H,9-10H2,1-4H3/b19-12+/t16-/m1/s1. The van der Waals surface area contributed by atoms with Gasteiger partial charge in [0.1, 0.15) is 17.5 Å². The summed E-state index contributed by atoms with van der Waals surface area (Å²) in [5.41, 5.74) is 2.57. The highest BCUT2D eigenvalue weighted by Gasteiger charge is 2.22. The fourth-order valence-corrected chi connectivity index (χ4v) is 2.92. The van der Waals surface area contributed by atoms with Gasteiger partial charge in [0.25, 0.3) is 0 Å². The van der Waals surface area contributed by atoms with Crippen LogP contribution in [-0.4, -0.2) is 36.1 Å². The second-order valence-electron chi connectivity index (χ2n) is 6.56. The molecule has 0 aliphatic rings. The molecule has 0 saturated heterocycles. The molecule has 0 unspecified atom stereocenters. The Morgan fingerprint density at radius 1 is 1.28 bits per heavy atom. The zero-order valence-corrected chi connectivity index (χ0v) is 16.9. The Balaban J connectivity index is 2.17. The quantitative estimate of drug-likeness (QED) is 0.294. The molecule has 0 fully saturated rings. The van der Waals surface area contributed by atoms with E-state index in [-0.39, 0.29) is 11.1 Å². The fraction of sp³-hybridized carbons (Fsp3) is 0.318. The predicted molar refractivity (Wildman–Crippen MR) is 106 cm³/mol. The van der Waals surface area contributed by atoms with E-state index < -0.39 is 23.7 Å². The van der Waals surface area contributed by atoms with Crippen LogP contribution < -0.4 is 0 Å². The second-order valence-corrected chi connectivity index (χ2v) is 6.56. The molecule has 2 aromatic rings. The Bertz CT molecular complexity index is 968. The first-order valence-corrected chi connectivity index (χ1v) is 9.06. The van der Waals surface area contributed by atoms with Crippen molar-refractivity contribution in [3.05, 3.63) is 64.2 Å². The van der Waals surface area contributed by atoms with Crippen LogP contribution in [0.2, 0.25) is 0 Å². The van der Waals surface area contributed by atoms with E-state index in [4.69, 9.17) is 9.47 Å². The number of benzene rings is 1. The van der Waals surface area contributed by atoms with Crippen molar-refractivity contribution in [2.45, 2.75) is 33.4 Å². The minimum Gasteiger partial charge on any atom is -0.450 e. The Labute approximate surface area is 169 Å². The van der Waals surface area contributed by atoms with Crippen LogP contribution in [-0.2, 0) is 20.8 Å². The van der Waals surface area contributed by atoms with Crippen molar-refractivity contribution in [1.82, 2.24) is 4.57 Å². The first-order chi connectivity index (χ1) is 13.8. The van der Waals surface area contributed by atoms with Crippen LogP contribution in [0.1, 0.15) is 34.2 Å². The number of esters is 1. The number of Topliss-reactive ketones (excluding diaryl/α,β-unsaturated/α-hetero) is 1. The van der Waals surface area contributed by atoms with Gasteiger partial charge >= 0.3 is 5.97 Å². The summed E-state index contributed by atoms with van der Waals surface area (Å²) in [5, 5.41) is 9.39. The number of carbonyl (C=O) groups excluding carboxylic acids is 2. The Hall–Kier alpha value is -3.24. The summed E-state index contributed by atoms with van der Waals surface area (Å²) in [4.78, 5) is 24.7. The van der Waals surface area contributed by atoms with Gasteiger partial charge in [-0.2, -0.15) is 5.26 Å². The van der Waals surface area contributed by atoms with Gasteiger partial charge in [0.15, 0.2) is 6.10 Å². The van der Waals surface area contributed by atoms with E-state index in [1.54, 1.807) is 7.11 Å². The zero-order chi connectivity index (χ0) is 21.6. The minimum atomic E-state index is -1.11. The third-order valence-corrected chi connectivity index (χ3v) is 4.55. The maximum absolute atomic E-state index is 13.0. The number of ketones is 1. The molecule has 152 valence electrons. The van der Waals surface area contributed by atoms with Gasteiger partial charge in [-0.05, 0) is 62.7 Å². The lowest BCUT2D eigenvalue weighted by Gasteiger charge is -2.12. The summed E-state index contributed by atoms with van der Waals surface area (Å²) in [5.74, 6) is -1.84. The lowest BCUT2D eigenvalue weighted by Crippen LogP contribution is -2.25. The number of nitrogens with zero attached hydrogens (tertiary/aromatic N) is 2. The molecule has 0 saturated carbocycles. The number of ether oxygens (including phenoxy) is 2. The third kappa shape index (κ3) is 5.39. The van der Waals surface area contributed by atoms with Crippen LogP contribution in [0.5, 0.6) is 0 Å². The summed E-state index contributed by atoms with van der Waals surface area (Å²) in [6.07, 6.45) is 0.335. The summed E-state index contributed by atoms with van der Waals surface area (Å²) in [6.45, 7) is 6.41. The number of hydrogen-bond donors (Lipinski definition) is 0. The molecule has 0 radical (unpaired) electrons. The number of aromatic nitrogens is 1. The average molecular weight is 398 g/mol. The average Bonchev–Trinajstić information content (AvgIpc) is 2.96. The van der Waals surface area contributed by atoms with Crippen LogP contribution in [0, 0.1) is 31.0 Å². The van der Waals surface area contributed by atoms with E-state index in [0.717, 1.165) is 23.5 Å². The van der Waals surface area contributed by atoms with Gasteiger partial charge in [0.2, 0.25) is 5.78 Å². The number of aryl methyl sites for hydroxylation is 1. The van der Waals surface area contributed by atoms with Crippen LogP contribution in [0.25, 0.3) is 6.08 Å². The fourth-order valence-electron chi connectivity index (χ4n) is 2.92. The van der Waals surface area contributed by atoms with Crippen LogP contribution >= 0.6 is 0 Å². The van der Waals surface area contributed by atoms with Crippen LogP contribution in [0.4, 0.5) is 4.39 Å². The van der Waals surface area contributed by atoms with E-state index in [0.29, 0.717) is 18.7 Å². The Kier molecular flexibility index (Phi) is 7.46. The van der Waals surface area contributed by atoms with Crippen molar-refractivity contribution in [3.8, 4) is 6.07 Å². The molecule has 1 aromatic heterocycles. The molecule has 0 amide bonds. The maximum atomic E-state index is 13.0. The van der Waals surface area contributed by atoms with Crippen molar-refractivity contribution in [2.24, 2.45) is 0 Å². The summed E-state index contributed by atoms with van der Waals surface area (Å²) >= 11 is 0. The molecule has 1 atom stereocenters. The first-order valence-electron chi connectivity index (χ1n) is 9.06. The molecule has 6 nitrogen and oxygen atoms in total. The highest BCUT2D eigenvalue weighted by Crippen LogP contribution is 2.19. The number of methoxy groups -OCH3 is 1. The SMILES string of the molecule is COCCn1c(C)cc(/C=C(\C#N)C(=O)O[C@H](C)C(=O)c2ccc(F)cc2)c1C. The molecule has 29 heavy (non-hydrogen) atoms. The molecule has 0 spiro atoms. The molecule has 1 heterocycles. The first kappa shape index (κ1) is 22.1. The van der Waals surface area contributed by atoms with E-state index in [2.05, 4.69) is 0 Å². The largest absolute Gasteiger partial charge is 0.450 e. The number of hydrogen-bond acceptors (Lipinski definition) is 5. The summed E-state index contributed by atoms with van der Waals surface area (Å²) in [6, 6.07) is 8.64. The van der Waals surface area contributed by atoms with E-state index in [1.807, 2.05) is 30.6 Å². The molecule has 7 heteroatoms. The smallest absolute Gasteiger partial charge is 0.349 e. The van der Waals surface area contributed by atoms with Crippen molar-refractivity contribution in [2.75, 3.05) is 13.7 Å². The number of rotatable bonds is 8. The maximum Gasteiger partial charge on any atom is 0.349 e.